The van der Waals surface area contributed by atoms with E-state index in [-0.39, 0.29) is 15.1 Å². The Morgan fingerprint density at radius 3 is 1.29 bits per heavy atom. The van der Waals surface area contributed by atoms with Crippen molar-refractivity contribution in [1.29, 1.82) is 0 Å². The third-order valence-electron chi connectivity index (χ3n) is 8.84. The minimum absolute atomic E-state index is 0.0400. The fourth-order valence-electron chi connectivity index (χ4n) is 3.10. The van der Waals surface area contributed by atoms with Crippen LogP contribution in [-0.4, -0.2) is 67.6 Å². The monoisotopic (exact) mass is 590 g/mol. The summed E-state index contributed by atoms with van der Waals surface area (Å²) in [5, 5.41) is 10.1. The molecule has 9 heteroatoms. The highest BCUT2D eigenvalue weighted by Crippen LogP contribution is 2.44. The number of hydrogen-bond acceptors (Lipinski definition) is 5. The summed E-state index contributed by atoms with van der Waals surface area (Å²) in [5.41, 5.74) is 0. The van der Waals surface area contributed by atoms with Crippen LogP contribution in [-0.2, 0) is 22.8 Å². The second-order valence-electron chi connectivity index (χ2n) is 15.7. The number of allylic oxidation sites excluding steroid dienone is 1. The van der Waals surface area contributed by atoms with Gasteiger partial charge < -0.3 is 23.1 Å². The Bertz CT molecular complexity index is 786. The van der Waals surface area contributed by atoms with Crippen LogP contribution in [0.3, 0.4) is 0 Å². The van der Waals surface area contributed by atoms with Gasteiger partial charge in [0.05, 0.1) is 6.10 Å². The molecular formula is C29H62O6Si3. The van der Waals surface area contributed by atoms with Gasteiger partial charge in [-0.25, -0.2) is 4.79 Å². The van der Waals surface area contributed by atoms with Gasteiger partial charge in [0.15, 0.2) is 31.1 Å². The molecule has 38 heavy (non-hydrogen) atoms. The summed E-state index contributed by atoms with van der Waals surface area (Å²) < 4.78 is 26.8. The van der Waals surface area contributed by atoms with Crippen LogP contribution >= 0.6 is 0 Å². The minimum Gasteiger partial charge on any atom is -0.479 e. The van der Waals surface area contributed by atoms with Gasteiger partial charge in [0.2, 0.25) is 0 Å². The van der Waals surface area contributed by atoms with Crippen LogP contribution < -0.4 is 0 Å². The Kier molecular flexibility index (Phi) is 13.0. The molecule has 0 aromatic heterocycles. The fraction of sp³-hybridized carbons (Fsp3) is 0.897. The maximum atomic E-state index is 12.6. The van der Waals surface area contributed by atoms with Crippen LogP contribution in [0.5, 0.6) is 0 Å². The maximum absolute atomic E-state index is 12.6. The van der Waals surface area contributed by atoms with Gasteiger partial charge in [-0.1, -0.05) is 88.3 Å². The van der Waals surface area contributed by atoms with Crippen molar-refractivity contribution in [2.24, 2.45) is 5.92 Å². The zero-order valence-electron chi connectivity index (χ0n) is 28.0. The molecule has 0 heterocycles. The number of carboxylic acids is 1. The average Bonchev–Trinajstić information content (AvgIpc) is 2.66. The van der Waals surface area contributed by atoms with Gasteiger partial charge in [-0.3, -0.25) is 0 Å². The number of carbonyl (C=O) groups is 1. The average molecular weight is 591 g/mol. The van der Waals surface area contributed by atoms with Crippen LogP contribution in [0.25, 0.3) is 0 Å². The van der Waals surface area contributed by atoms with E-state index in [9.17, 15) is 9.90 Å². The standard InChI is InChI=1S/C29H62O6Si3/c1-21(2)19-20-22(33-36(13,14)27(3,4)5)23(34-37(15,16)28(6,7)8)24(25(32-12)26(30)31)35-38(17,18)29(9,10)11/h19-25H,1-18H3,(H,30,31)/b20-19+/t22-,23+,24-,25-/m0/s1. The first-order chi connectivity index (χ1) is 16.6. The molecule has 0 unspecified atom stereocenters. The van der Waals surface area contributed by atoms with Gasteiger partial charge in [-0.15, -0.1) is 0 Å². The van der Waals surface area contributed by atoms with Crippen molar-refractivity contribution in [2.75, 3.05) is 7.11 Å². The molecule has 0 aliphatic rings. The van der Waals surface area contributed by atoms with E-state index in [4.69, 9.17) is 18.0 Å². The Labute approximate surface area is 238 Å². The zero-order valence-corrected chi connectivity index (χ0v) is 31.0. The van der Waals surface area contributed by atoms with E-state index in [2.05, 4.69) is 128 Å². The van der Waals surface area contributed by atoms with Crippen LogP contribution in [0.15, 0.2) is 12.2 Å². The molecule has 0 saturated carbocycles. The molecule has 0 aromatic rings. The van der Waals surface area contributed by atoms with E-state index in [0.717, 1.165) is 0 Å². The van der Waals surface area contributed by atoms with Gasteiger partial charge in [0.25, 0.3) is 0 Å². The molecule has 6 nitrogen and oxygen atoms in total. The van der Waals surface area contributed by atoms with Crippen molar-refractivity contribution >= 4 is 30.9 Å². The first kappa shape index (κ1) is 37.7. The third kappa shape index (κ3) is 10.3. The van der Waals surface area contributed by atoms with Crippen LogP contribution in [0.4, 0.5) is 0 Å². The van der Waals surface area contributed by atoms with E-state index in [1.807, 2.05) is 0 Å². The lowest BCUT2D eigenvalue weighted by molar-refractivity contribution is -0.162. The third-order valence-corrected chi connectivity index (χ3v) is 22.3. The first-order valence-corrected chi connectivity index (χ1v) is 22.8. The number of ether oxygens (including phenoxy) is 1. The summed E-state index contributed by atoms with van der Waals surface area (Å²) in [6.45, 7) is 37.1. The first-order valence-electron chi connectivity index (χ1n) is 14.1. The zero-order chi connectivity index (χ0) is 30.7. The second kappa shape index (κ2) is 13.1. The van der Waals surface area contributed by atoms with Gasteiger partial charge in [0, 0.05) is 7.11 Å². The molecule has 0 aromatic carbocycles. The Morgan fingerprint density at radius 2 is 1.00 bits per heavy atom. The predicted octanol–water partition coefficient (Wildman–Crippen LogP) is 8.47. The number of methoxy groups -OCH3 is 1. The highest BCUT2D eigenvalue weighted by molar-refractivity contribution is 6.75. The van der Waals surface area contributed by atoms with Gasteiger partial charge in [-0.2, -0.15) is 0 Å². The maximum Gasteiger partial charge on any atom is 0.335 e. The summed E-state index contributed by atoms with van der Waals surface area (Å²) >= 11 is 0. The molecule has 226 valence electrons. The summed E-state index contributed by atoms with van der Waals surface area (Å²) in [6, 6.07) is 0. The molecular weight excluding hydrogens is 529 g/mol. The topological polar surface area (TPSA) is 74.2 Å². The number of rotatable bonds is 13. The summed E-state index contributed by atoms with van der Waals surface area (Å²) in [5.74, 6) is -0.759. The highest BCUT2D eigenvalue weighted by atomic mass is 28.4. The molecule has 0 spiro atoms. The summed E-state index contributed by atoms with van der Waals surface area (Å²) in [7, 11) is -5.68. The van der Waals surface area contributed by atoms with E-state index in [0.29, 0.717) is 5.92 Å². The number of aliphatic carboxylic acids is 1. The van der Waals surface area contributed by atoms with E-state index >= 15 is 0 Å². The summed E-state index contributed by atoms with van der Waals surface area (Å²) in [6.07, 6.45) is 1.02. The minimum atomic E-state index is -2.44. The van der Waals surface area contributed by atoms with E-state index in [1.165, 1.54) is 7.11 Å². The van der Waals surface area contributed by atoms with Gasteiger partial charge >= 0.3 is 5.97 Å². The van der Waals surface area contributed by atoms with Crippen molar-refractivity contribution < 1.29 is 27.9 Å². The van der Waals surface area contributed by atoms with Crippen molar-refractivity contribution in [3.63, 3.8) is 0 Å². The molecule has 0 bridgehead atoms. The smallest absolute Gasteiger partial charge is 0.335 e. The molecule has 0 saturated heterocycles. The normalized spacial score (nSPS) is 18.1. The van der Waals surface area contributed by atoms with Crippen LogP contribution in [0.1, 0.15) is 76.2 Å². The van der Waals surface area contributed by atoms with Crippen LogP contribution in [0, 0.1) is 5.92 Å². The van der Waals surface area contributed by atoms with Crippen molar-refractivity contribution in [3.05, 3.63) is 12.2 Å². The number of hydrogen-bond donors (Lipinski definition) is 1. The molecule has 4 atom stereocenters. The Morgan fingerprint density at radius 1 is 0.658 bits per heavy atom. The quantitative estimate of drug-likeness (QED) is 0.171. The predicted molar refractivity (Wildman–Crippen MR) is 169 cm³/mol. The van der Waals surface area contributed by atoms with E-state index < -0.39 is 55.3 Å². The molecule has 0 fully saturated rings. The van der Waals surface area contributed by atoms with Crippen molar-refractivity contribution in [1.82, 2.24) is 0 Å². The second-order valence-corrected chi connectivity index (χ2v) is 29.9. The largest absolute Gasteiger partial charge is 0.479 e. The van der Waals surface area contributed by atoms with Gasteiger partial charge in [-0.05, 0) is 60.3 Å². The summed E-state index contributed by atoms with van der Waals surface area (Å²) in [4.78, 5) is 12.6. The lowest BCUT2D eigenvalue weighted by Crippen LogP contribution is -2.61. The van der Waals surface area contributed by atoms with Gasteiger partial charge in [0.1, 0.15) is 12.2 Å². The fourth-order valence-corrected chi connectivity index (χ4v) is 6.94. The molecule has 0 amide bonds. The van der Waals surface area contributed by atoms with E-state index in [1.54, 1.807) is 0 Å². The highest BCUT2D eigenvalue weighted by Gasteiger charge is 2.52. The molecule has 0 rings (SSSR count). The Hall–Kier alpha value is -0.299. The SMILES string of the molecule is CO[C@H](C(=O)O)[C@@H](O[Si](C)(C)C(C)(C)C)[C@H](O[Si](C)(C)C(C)(C)C)[C@H](/C=C/C(C)C)O[Si](C)(C)C(C)(C)C. The Balaban J connectivity index is 7.38. The van der Waals surface area contributed by atoms with Crippen LogP contribution in [0.2, 0.25) is 54.4 Å². The molecule has 0 aliphatic carbocycles. The lowest BCUT2D eigenvalue weighted by atomic mass is 10.0. The molecule has 1 N–H and O–H groups in total. The van der Waals surface area contributed by atoms with Crippen molar-refractivity contribution in [2.45, 2.75) is 155 Å². The number of carboxylic acid groups (broad SMARTS) is 1. The molecule has 0 radical (unpaired) electrons. The van der Waals surface area contributed by atoms with Crippen molar-refractivity contribution in [3.8, 4) is 0 Å². The lowest BCUT2D eigenvalue weighted by Gasteiger charge is -2.49. The molecule has 0 aliphatic heterocycles.